The van der Waals surface area contributed by atoms with Gasteiger partial charge < -0.3 is 10.1 Å². The van der Waals surface area contributed by atoms with Gasteiger partial charge in [0.15, 0.2) is 0 Å². The van der Waals surface area contributed by atoms with Crippen LogP contribution in [0.5, 0.6) is 5.75 Å². The van der Waals surface area contributed by atoms with Gasteiger partial charge in [-0.05, 0) is 61.8 Å². The monoisotopic (exact) mass is 275 g/mol. The maximum Gasteiger partial charge on any atom is 0.122 e. The second kappa shape index (κ2) is 7.68. The first-order valence-electron chi connectivity index (χ1n) is 8.20. The molecule has 1 aliphatic rings. The van der Waals surface area contributed by atoms with Gasteiger partial charge in [-0.25, -0.2) is 0 Å². The van der Waals surface area contributed by atoms with Crippen molar-refractivity contribution in [2.24, 2.45) is 5.92 Å². The van der Waals surface area contributed by atoms with Gasteiger partial charge in [0.1, 0.15) is 5.75 Å². The molecule has 0 aromatic heterocycles. The second-order valence-electron chi connectivity index (χ2n) is 6.21. The van der Waals surface area contributed by atoms with Crippen LogP contribution in [-0.2, 0) is 6.42 Å². The van der Waals surface area contributed by atoms with Gasteiger partial charge in [-0.3, -0.25) is 0 Å². The molecule has 1 N–H and O–H groups in total. The minimum atomic E-state index is 0.517. The minimum absolute atomic E-state index is 0.517. The van der Waals surface area contributed by atoms with Crippen molar-refractivity contribution in [2.75, 3.05) is 13.2 Å². The van der Waals surface area contributed by atoms with Crippen molar-refractivity contribution in [3.63, 3.8) is 0 Å². The maximum absolute atomic E-state index is 6.05. The summed E-state index contributed by atoms with van der Waals surface area (Å²) in [6.45, 7) is 8.60. The Labute approximate surface area is 123 Å². The van der Waals surface area contributed by atoms with Gasteiger partial charge in [0.05, 0.1) is 6.61 Å². The van der Waals surface area contributed by atoms with Gasteiger partial charge in [-0.15, -0.1) is 0 Å². The third-order valence-corrected chi connectivity index (χ3v) is 4.10. The molecule has 0 heterocycles. The van der Waals surface area contributed by atoms with Crippen LogP contribution in [0.3, 0.4) is 0 Å². The summed E-state index contributed by atoms with van der Waals surface area (Å²) in [6, 6.07) is 7.07. The normalized spacial score (nSPS) is 18.1. The fraction of sp³-hybridized carbons (Fsp3) is 0.667. The average molecular weight is 275 g/mol. The highest BCUT2D eigenvalue weighted by Crippen LogP contribution is 2.35. The molecule has 0 amide bonds. The van der Waals surface area contributed by atoms with Crippen molar-refractivity contribution in [2.45, 2.75) is 58.9 Å². The number of benzene rings is 1. The molecule has 1 atom stereocenters. The fourth-order valence-corrected chi connectivity index (χ4v) is 3.08. The molecule has 2 heteroatoms. The Morgan fingerprint density at radius 3 is 2.95 bits per heavy atom. The Balaban J connectivity index is 2.01. The first-order valence-corrected chi connectivity index (χ1v) is 8.20. The molecular weight excluding hydrogens is 246 g/mol. The Morgan fingerprint density at radius 1 is 1.35 bits per heavy atom. The van der Waals surface area contributed by atoms with Gasteiger partial charge in [-0.1, -0.05) is 32.9 Å². The summed E-state index contributed by atoms with van der Waals surface area (Å²) in [7, 11) is 0. The zero-order chi connectivity index (χ0) is 14.4. The van der Waals surface area contributed by atoms with E-state index in [4.69, 9.17) is 4.74 Å². The van der Waals surface area contributed by atoms with Crippen LogP contribution < -0.4 is 10.1 Å². The largest absolute Gasteiger partial charge is 0.493 e. The molecule has 1 aromatic carbocycles. The van der Waals surface area contributed by atoms with Crippen molar-refractivity contribution in [3.8, 4) is 5.75 Å². The van der Waals surface area contributed by atoms with E-state index in [1.807, 2.05) is 0 Å². The standard InChI is InChI=1S/C18H29NO/c1-4-19-17-11-5-10-16-15(17)9-6-12-18(16)20-13-7-8-14(2)3/h6,9,12,14,17,19H,4-5,7-8,10-11,13H2,1-3H3. The van der Waals surface area contributed by atoms with Crippen LogP contribution in [0.4, 0.5) is 0 Å². The number of hydrogen-bond donors (Lipinski definition) is 1. The van der Waals surface area contributed by atoms with Crippen LogP contribution >= 0.6 is 0 Å². The first-order chi connectivity index (χ1) is 9.72. The zero-order valence-corrected chi connectivity index (χ0v) is 13.2. The van der Waals surface area contributed by atoms with E-state index in [2.05, 4.69) is 44.3 Å². The molecule has 1 aromatic rings. The SMILES string of the molecule is CCNC1CCCc2c(OCCCC(C)C)cccc21. The molecule has 1 unspecified atom stereocenters. The van der Waals surface area contributed by atoms with Crippen molar-refractivity contribution in [1.29, 1.82) is 0 Å². The Morgan fingerprint density at radius 2 is 2.20 bits per heavy atom. The smallest absolute Gasteiger partial charge is 0.122 e. The van der Waals surface area contributed by atoms with Gasteiger partial charge >= 0.3 is 0 Å². The van der Waals surface area contributed by atoms with Crippen molar-refractivity contribution >= 4 is 0 Å². The Hall–Kier alpha value is -1.02. The molecule has 1 aliphatic carbocycles. The predicted octanol–water partition coefficient (Wildman–Crippen LogP) is 4.49. The number of ether oxygens (including phenoxy) is 1. The molecular formula is C18H29NO. The summed E-state index contributed by atoms with van der Waals surface area (Å²) >= 11 is 0. The summed E-state index contributed by atoms with van der Waals surface area (Å²) in [5.41, 5.74) is 2.90. The van der Waals surface area contributed by atoms with E-state index in [1.165, 1.54) is 30.4 Å². The molecule has 0 spiro atoms. The maximum atomic E-state index is 6.05. The van der Waals surface area contributed by atoms with E-state index in [1.54, 1.807) is 0 Å². The molecule has 2 nitrogen and oxygen atoms in total. The van der Waals surface area contributed by atoms with E-state index < -0.39 is 0 Å². The molecule has 112 valence electrons. The summed E-state index contributed by atoms with van der Waals surface area (Å²) in [5.74, 6) is 1.88. The molecule has 0 saturated carbocycles. The second-order valence-corrected chi connectivity index (χ2v) is 6.21. The quantitative estimate of drug-likeness (QED) is 0.740. The lowest BCUT2D eigenvalue weighted by Crippen LogP contribution is -2.25. The molecule has 0 aliphatic heterocycles. The zero-order valence-electron chi connectivity index (χ0n) is 13.2. The topological polar surface area (TPSA) is 21.3 Å². The molecule has 0 bridgehead atoms. The van der Waals surface area contributed by atoms with E-state index in [0.29, 0.717) is 6.04 Å². The van der Waals surface area contributed by atoms with Crippen molar-refractivity contribution in [3.05, 3.63) is 29.3 Å². The summed E-state index contributed by atoms with van der Waals surface area (Å²) in [6.07, 6.45) is 6.07. The van der Waals surface area contributed by atoms with E-state index in [9.17, 15) is 0 Å². The van der Waals surface area contributed by atoms with Crippen molar-refractivity contribution < 1.29 is 4.74 Å². The molecule has 0 saturated heterocycles. The lowest BCUT2D eigenvalue weighted by Gasteiger charge is -2.27. The molecule has 20 heavy (non-hydrogen) atoms. The van der Waals surface area contributed by atoms with E-state index in [0.717, 1.165) is 37.7 Å². The highest BCUT2D eigenvalue weighted by atomic mass is 16.5. The lowest BCUT2D eigenvalue weighted by molar-refractivity contribution is 0.292. The highest BCUT2D eigenvalue weighted by Gasteiger charge is 2.21. The summed E-state index contributed by atoms with van der Waals surface area (Å²) in [4.78, 5) is 0. The first kappa shape index (κ1) is 15.4. The summed E-state index contributed by atoms with van der Waals surface area (Å²) in [5, 5.41) is 3.59. The van der Waals surface area contributed by atoms with Crippen LogP contribution in [0.25, 0.3) is 0 Å². The van der Waals surface area contributed by atoms with Crippen LogP contribution in [0.1, 0.15) is 63.6 Å². The van der Waals surface area contributed by atoms with Crippen LogP contribution in [0.2, 0.25) is 0 Å². The number of nitrogens with one attached hydrogen (secondary N) is 1. The minimum Gasteiger partial charge on any atom is -0.493 e. The molecule has 0 radical (unpaired) electrons. The number of fused-ring (bicyclic) bond motifs is 1. The Bertz CT molecular complexity index is 414. The molecule has 2 rings (SSSR count). The van der Waals surface area contributed by atoms with Crippen LogP contribution in [0, 0.1) is 5.92 Å². The third-order valence-electron chi connectivity index (χ3n) is 4.10. The lowest BCUT2D eigenvalue weighted by atomic mass is 9.87. The molecule has 0 fully saturated rings. The fourth-order valence-electron chi connectivity index (χ4n) is 3.08. The van der Waals surface area contributed by atoms with Gasteiger partial charge in [0.25, 0.3) is 0 Å². The Kier molecular flexibility index (Phi) is 5.90. The van der Waals surface area contributed by atoms with Gasteiger partial charge in [0.2, 0.25) is 0 Å². The summed E-state index contributed by atoms with van der Waals surface area (Å²) < 4.78 is 6.05. The highest BCUT2D eigenvalue weighted by molar-refractivity contribution is 5.43. The van der Waals surface area contributed by atoms with Gasteiger partial charge in [-0.2, -0.15) is 0 Å². The van der Waals surface area contributed by atoms with Crippen LogP contribution in [-0.4, -0.2) is 13.2 Å². The third kappa shape index (κ3) is 3.99. The number of hydrogen-bond acceptors (Lipinski definition) is 2. The van der Waals surface area contributed by atoms with E-state index in [-0.39, 0.29) is 0 Å². The van der Waals surface area contributed by atoms with E-state index >= 15 is 0 Å². The number of rotatable bonds is 7. The van der Waals surface area contributed by atoms with Crippen molar-refractivity contribution in [1.82, 2.24) is 5.32 Å². The van der Waals surface area contributed by atoms with Crippen LogP contribution in [0.15, 0.2) is 18.2 Å². The van der Waals surface area contributed by atoms with Gasteiger partial charge in [0, 0.05) is 6.04 Å². The average Bonchev–Trinajstić information content (AvgIpc) is 2.44. The predicted molar refractivity (Wildman–Crippen MR) is 85.4 cm³/mol.